The monoisotopic (exact) mass is 371 g/mol. The van der Waals surface area contributed by atoms with Crippen molar-refractivity contribution >= 4 is 22.9 Å². The summed E-state index contributed by atoms with van der Waals surface area (Å²) in [5.74, 6) is 0.153. The Kier molecular flexibility index (Phi) is 3.63. The van der Waals surface area contributed by atoms with Crippen LogP contribution in [0.25, 0.3) is 0 Å². The van der Waals surface area contributed by atoms with Crippen molar-refractivity contribution in [3.05, 3.63) is 60.1 Å². The fourth-order valence-corrected chi connectivity index (χ4v) is 4.93. The van der Waals surface area contributed by atoms with Gasteiger partial charge in [-0.15, -0.1) is 11.3 Å². The molecule has 0 fully saturated rings. The van der Waals surface area contributed by atoms with Gasteiger partial charge in [-0.3, -0.25) is 18.7 Å². The van der Waals surface area contributed by atoms with Crippen molar-refractivity contribution in [1.82, 2.24) is 9.13 Å². The average molecular weight is 371 g/mol. The van der Waals surface area contributed by atoms with Gasteiger partial charge in [0, 0.05) is 36.7 Å². The number of aromatic nitrogens is 2. The number of anilines is 1. The first-order valence-corrected chi connectivity index (χ1v) is 9.46. The number of allylic oxidation sites excluding steroid dienone is 2. The molecule has 1 aliphatic carbocycles. The van der Waals surface area contributed by atoms with Gasteiger partial charge in [-0.25, -0.2) is 4.79 Å². The molecule has 0 bridgehead atoms. The van der Waals surface area contributed by atoms with E-state index < -0.39 is 5.92 Å². The molecular weight excluding hydrogens is 350 g/mol. The molecule has 0 saturated carbocycles. The fourth-order valence-electron chi connectivity index (χ4n) is 4.09. The molecule has 0 amide bonds. The number of rotatable bonds is 1. The van der Waals surface area contributed by atoms with E-state index in [0.29, 0.717) is 29.8 Å². The van der Waals surface area contributed by atoms with Crippen LogP contribution in [0.1, 0.15) is 43.0 Å². The summed E-state index contributed by atoms with van der Waals surface area (Å²) in [6.45, 7) is 4.13. The Morgan fingerprint density at radius 1 is 1.15 bits per heavy atom. The zero-order chi connectivity index (χ0) is 18.8. The van der Waals surface area contributed by atoms with Crippen molar-refractivity contribution in [3.8, 4) is 0 Å². The van der Waals surface area contributed by atoms with Crippen LogP contribution in [0.3, 0.4) is 0 Å². The van der Waals surface area contributed by atoms with E-state index in [1.165, 1.54) is 23.0 Å². The Morgan fingerprint density at radius 3 is 2.54 bits per heavy atom. The maximum atomic E-state index is 13.0. The van der Waals surface area contributed by atoms with Gasteiger partial charge in [-0.1, -0.05) is 19.9 Å². The van der Waals surface area contributed by atoms with E-state index in [9.17, 15) is 14.4 Å². The number of hydrogen-bond donors (Lipinski definition) is 1. The van der Waals surface area contributed by atoms with Crippen LogP contribution in [0.15, 0.2) is 38.4 Å². The van der Waals surface area contributed by atoms with Crippen LogP contribution in [0.2, 0.25) is 0 Å². The van der Waals surface area contributed by atoms with Crippen molar-refractivity contribution in [2.45, 2.75) is 32.6 Å². The van der Waals surface area contributed by atoms with Crippen LogP contribution in [0, 0.1) is 5.41 Å². The zero-order valence-corrected chi connectivity index (χ0v) is 16.1. The smallest absolute Gasteiger partial charge is 0.332 e. The third-order valence-electron chi connectivity index (χ3n) is 5.29. The minimum Gasteiger partial charge on any atom is -0.344 e. The van der Waals surface area contributed by atoms with E-state index in [0.717, 1.165) is 15.1 Å². The van der Waals surface area contributed by atoms with Gasteiger partial charge in [0.1, 0.15) is 5.82 Å². The van der Waals surface area contributed by atoms with Gasteiger partial charge in [0.25, 0.3) is 5.56 Å². The van der Waals surface area contributed by atoms with Crippen LogP contribution in [0.5, 0.6) is 0 Å². The van der Waals surface area contributed by atoms with Crippen molar-refractivity contribution < 1.29 is 4.79 Å². The van der Waals surface area contributed by atoms with Crippen LogP contribution in [-0.2, 0) is 18.9 Å². The number of nitrogens with zero attached hydrogens (tertiary/aromatic N) is 2. The molecule has 4 rings (SSSR count). The second-order valence-electron chi connectivity index (χ2n) is 7.87. The van der Waals surface area contributed by atoms with E-state index in [4.69, 9.17) is 0 Å². The number of hydrogen-bond acceptors (Lipinski definition) is 5. The van der Waals surface area contributed by atoms with Gasteiger partial charge in [0.2, 0.25) is 0 Å². The molecule has 1 N–H and O–H groups in total. The molecule has 136 valence electrons. The molecular formula is C19H21N3O3S. The summed E-state index contributed by atoms with van der Waals surface area (Å²) in [5.41, 5.74) is 1.10. The Labute approximate surface area is 154 Å². The maximum absolute atomic E-state index is 13.0. The Bertz CT molecular complexity index is 1070. The first-order chi connectivity index (χ1) is 12.2. The second kappa shape index (κ2) is 5.54. The highest BCUT2D eigenvalue weighted by molar-refractivity contribution is 7.10. The molecule has 26 heavy (non-hydrogen) atoms. The van der Waals surface area contributed by atoms with E-state index in [1.54, 1.807) is 7.05 Å². The van der Waals surface area contributed by atoms with E-state index in [2.05, 4.69) is 19.2 Å². The molecule has 1 atom stereocenters. The van der Waals surface area contributed by atoms with Crippen LogP contribution < -0.4 is 16.6 Å². The standard InChI is InChI=1S/C19H21N3O3S/c1-19(2)8-10-13(11(23)9-19)14(12-6-5-7-26-12)15-16(20-10)21(3)18(25)22(4)17(15)24/h5-7,14,20H,8-9H2,1-4H3/t14-/m1/s1. The summed E-state index contributed by atoms with van der Waals surface area (Å²) in [5, 5.41) is 5.21. The molecule has 2 aromatic rings. The lowest BCUT2D eigenvalue weighted by Gasteiger charge is -2.39. The van der Waals surface area contributed by atoms with Gasteiger partial charge in [-0.05, 0) is 23.3 Å². The average Bonchev–Trinajstić information content (AvgIpc) is 3.09. The number of Topliss-reactive ketones (excluding diaryl/α,β-unsaturated/α-hetero) is 1. The van der Waals surface area contributed by atoms with Crippen LogP contribution in [0.4, 0.5) is 5.82 Å². The molecule has 2 aliphatic rings. The third-order valence-corrected chi connectivity index (χ3v) is 6.23. The maximum Gasteiger partial charge on any atom is 0.332 e. The second-order valence-corrected chi connectivity index (χ2v) is 8.85. The first kappa shape index (κ1) is 17.0. The zero-order valence-electron chi connectivity index (χ0n) is 15.3. The fraction of sp³-hybridized carbons (Fsp3) is 0.421. The molecule has 0 radical (unpaired) electrons. The molecule has 7 heteroatoms. The van der Waals surface area contributed by atoms with Crippen molar-refractivity contribution in [2.24, 2.45) is 19.5 Å². The highest BCUT2D eigenvalue weighted by atomic mass is 32.1. The summed E-state index contributed by atoms with van der Waals surface area (Å²) in [6.07, 6.45) is 1.16. The number of nitrogens with one attached hydrogen (secondary N) is 1. The summed E-state index contributed by atoms with van der Waals surface area (Å²) >= 11 is 1.53. The largest absolute Gasteiger partial charge is 0.344 e. The lowest BCUT2D eigenvalue weighted by atomic mass is 9.70. The Balaban J connectivity index is 2.07. The Morgan fingerprint density at radius 2 is 1.88 bits per heavy atom. The molecule has 3 heterocycles. The number of fused-ring (bicyclic) bond motifs is 1. The Hall–Kier alpha value is -2.41. The predicted octanol–water partition coefficient (Wildman–Crippen LogP) is 2.35. The first-order valence-electron chi connectivity index (χ1n) is 8.58. The third kappa shape index (κ3) is 2.34. The van der Waals surface area contributed by atoms with Crippen molar-refractivity contribution in [2.75, 3.05) is 5.32 Å². The van der Waals surface area contributed by atoms with Crippen LogP contribution in [-0.4, -0.2) is 14.9 Å². The van der Waals surface area contributed by atoms with Crippen molar-refractivity contribution in [1.29, 1.82) is 0 Å². The summed E-state index contributed by atoms with van der Waals surface area (Å²) in [6, 6.07) is 3.87. The van der Waals surface area contributed by atoms with Gasteiger partial charge < -0.3 is 5.32 Å². The van der Waals surface area contributed by atoms with Gasteiger partial charge in [-0.2, -0.15) is 0 Å². The number of ketones is 1. The van der Waals surface area contributed by atoms with E-state index >= 15 is 0 Å². The molecule has 0 saturated heterocycles. The highest BCUT2D eigenvalue weighted by Crippen LogP contribution is 2.48. The van der Waals surface area contributed by atoms with E-state index in [-0.39, 0.29) is 22.4 Å². The predicted molar refractivity (Wildman–Crippen MR) is 102 cm³/mol. The normalized spacial score (nSPS) is 21.2. The lowest BCUT2D eigenvalue weighted by molar-refractivity contribution is -0.118. The molecule has 1 aliphatic heterocycles. The number of thiophene rings is 1. The lowest BCUT2D eigenvalue weighted by Crippen LogP contribution is -2.44. The van der Waals surface area contributed by atoms with Gasteiger partial charge >= 0.3 is 5.69 Å². The minimum atomic E-state index is -0.421. The number of carbonyl (C=O) groups excluding carboxylic acids is 1. The topological polar surface area (TPSA) is 73.1 Å². The highest BCUT2D eigenvalue weighted by Gasteiger charge is 2.43. The molecule has 2 aromatic heterocycles. The SMILES string of the molecule is Cn1c2c(c(=O)n(C)c1=O)[C@H](c1cccs1)C1=C(CC(C)(C)CC1=O)N2. The van der Waals surface area contributed by atoms with Crippen molar-refractivity contribution in [3.63, 3.8) is 0 Å². The van der Waals surface area contributed by atoms with Gasteiger partial charge in [0.05, 0.1) is 11.5 Å². The molecule has 6 nitrogen and oxygen atoms in total. The molecule has 0 aromatic carbocycles. The number of carbonyl (C=O) groups is 1. The quantitative estimate of drug-likeness (QED) is 0.835. The summed E-state index contributed by atoms with van der Waals surface area (Å²) in [7, 11) is 3.13. The minimum absolute atomic E-state index is 0.0729. The summed E-state index contributed by atoms with van der Waals surface area (Å²) < 4.78 is 2.58. The molecule has 0 spiro atoms. The van der Waals surface area contributed by atoms with E-state index in [1.807, 2.05) is 17.5 Å². The van der Waals surface area contributed by atoms with Gasteiger partial charge in [0.15, 0.2) is 5.78 Å². The van der Waals surface area contributed by atoms with Crippen LogP contribution >= 0.6 is 11.3 Å². The summed E-state index contributed by atoms with van der Waals surface area (Å²) in [4.78, 5) is 39.4. The molecule has 0 unspecified atom stereocenters.